The zero-order valence-corrected chi connectivity index (χ0v) is 18.5. The molecule has 0 bridgehead atoms. The van der Waals surface area contributed by atoms with Crippen molar-refractivity contribution in [2.24, 2.45) is 0 Å². The fourth-order valence-corrected chi connectivity index (χ4v) is 5.35. The maximum absolute atomic E-state index is 2.66. The van der Waals surface area contributed by atoms with Gasteiger partial charge in [0.25, 0.3) is 5.82 Å². The molecule has 0 fully saturated rings. The third-order valence-corrected chi connectivity index (χ3v) is 6.61. The second kappa shape index (κ2) is 6.51. The Bertz CT molecular complexity index is 1070. The number of nitrogens with zero attached hydrogens (tertiary/aromatic N) is 3. The average molecular weight is 384 g/mol. The summed E-state index contributed by atoms with van der Waals surface area (Å²) in [5.41, 5.74) is 8.53. The molecule has 0 saturated heterocycles. The summed E-state index contributed by atoms with van der Waals surface area (Å²) >= 11 is 0. The molecule has 2 aliphatic heterocycles. The van der Waals surface area contributed by atoms with Crippen LogP contribution in [-0.4, -0.2) is 11.5 Å². The van der Waals surface area contributed by atoms with Crippen LogP contribution in [0.5, 0.6) is 0 Å². The molecule has 0 aliphatic carbocycles. The highest BCUT2D eigenvalue weighted by Crippen LogP contribution is 2.48. The highest BCUT2D eigenvalue weighted by Gasteiger charge is 2.49. The minimum Gasteiger partial charge on any atom is -0.342 e. The molecule has 5 rings (SSSR count). The van der Waals surface area contributed by atoms with Crippen LogP contribution in [0.2, 0.25) is 5.82 Å². The van der Waals surface area contributed by atoms with E-state index in [9.17, 15) is 0 Å². The van der Waals surface area contributed by atoms with E-state index in [1.165, 1.54) is 39.5 Å². The van der Waals surface area contributed by atoms with E-state index in [1.54, 1.807) is 0 Å². The van der Waals surface area contributed by atoms with Gasteiger partial charge < -0.3 is 4.81 Å². The van der Waals surface area contributed by atoms with Crippen molar-refractivity contribution in [3.63, 3.8) is 0 Å². The Morgan fingerprint density at radius 2 is 1.55 bits per heavy atom. The molecular formula is C25H31BN3+. The summed E-state index contributed by atoms with van der Waals surface area (Å²) in [6, 6.07) is 13.8. The molecule has 4 heteroatoms. The molecule has 0 unspecified atom stereocenters. The molecular weight excluding hydrogens is 353 g/mol. The van der Waals surface area contributed by atoms with Gasteiger partial charge in [0.15, 0.2) is 0 Å². The highest BCUT2D eigenvalue weighted by molar-refractivity contribution is 6.59. The van der Waals surface area contributed by atoms with E-state index in [0.717, 1.165) is 6.54 Å². The van der Waals surface area contributed by atoms with Crippen molar-refractivity contribution in [3.05, 3.63) is 65.5 Å². The SMILES string of the molecule is CC(C)B1N(c2c(C(C)C)cccc2C(C)C)c2cccc3c2-c2n(cc[n+]21)C3. The maximum atomic E-state index is 2.66. The van der Waals surface area contributed by atoms with Gasteiger partial charge in [-0.05, 0) is 29.0 Å². The summed E-state index contributed by atoms with van der Waals surface area (Å²) in [7, 11) is 0. The smallest absolute Gasteiger partial charge is 0.342 e. The lowest BCUT2D eigenvalue weighted by atomic mass is 9.59. The lowest BCUT2D eigenvalue weighted by Crippen LogP contribution is -2.65. The number of rotatable bonds is 4. The second-order valence-corrected chi connectivity index (χ2v) is 9.59. The summed E-state index contributed by atoms with van der Waals surface area (Å²) < 4.78 is 4.93. The van der Waals surface area contributed by atoms with E-state index in [2.05, 4.69) is 104 Å². The van der Waals surface area contributed by atoms with Crippen molar-refractivity contribution < 1.29 is 4.48 Å². The second-order valence-electron chi connectivity index (χ2n) is 9.59. The van der Waals surface area contributed by atoms with Gasteiger partial charge in [-0.3, -0.25) is 4.48 Å². The van der Waals surface area contributed by atoms with Gasteiger partial charge in [-0.15, -0.1) is 0 Å². The highest BCUT2D eigenvalue weighted by atomic mass is 15.3. The van der Waals surface area contributed by atoms with Gasteiger partial charge in [0, 0.05) is 22.8 Å². The Hall–Kier alpha value is -2.49. The van der Waals surface area contributed by atoms with Crippen LogP contribution in [0.1, 0.15) is 70.1 Å². The maximum Gasteiger partial charge on any atom is 0.508 e. The van der Waals surface area contributed by atoms with Crippen LogP contribution >= 0.6 is 0 Å². The molecule has 3 aromatic rings. The zero-order valence-electron chi connectivity index (χ0n) is 18.5. The molecule has 0 N–H and O–H groups in total. The van der Waals surface area contributed by atoms with Crippen molar-refractivity contribution in [2.75, 3.05) is 4.81 Å². The number of benzene rings is 2. The lowest BCUT2D eigenvalue weighted by Gasteiger charge is -2.38. The fourth-order valence-electron chi connectivity index (χ4n) is 5.35. The molecule has 0 atom stereocenters. The third-order valence-electron chi connectivity index (χ3n) is 6.61. The Balaban J connectivity index is 1.87. The molecule has 29 heavy (non-hydrogen) atoms. The molecule has 0 spiro atoms. The van der Waals surface area contributed by atoms with Crippen LogP contribution in [-0.2, 0) is 6.54 Å². The Morgan fingerprint density at radius 1 is 0.897 bits per heavy atom. The van der Waals surface area contributed by atoms with Crippen LogP contribution in [0.25, 0.3) is 11.4 Å². The van der Waals surface area contributed by atoms with Crippen molar-refractivity contribution in [1.29, 1.82) is 0 Å². The van der Waals surface area contributed by atoms with Crippen LogP contribution in [0.15, 0.2) is 48.8 Å². The summed E-state index contributed by atoms with van der Waals surface area (Å²) in [5.74, 6) is 2.80. The number of anilines is 2. The molecule has 148 valence electrons. The van der Waals surface area contributed by atoms with E-state index in [1.807, 2.05) is 0 Å². The summed E-state index contributed by atoms with van der Waals surface area (Å²) in [6.45, 7) is 15.2. The number of hydrogen-bond acceptors (Lipinski definition) is 1. The first-order chi connectivity index (χ1) is 13.9. The first kappa shape index (κ1) is 18.5. The minimum atomic E-state index is 0.268. The van der Waals surface area contributed by atoms with Gasteiger partial charge in [0.1, 0.15) is 18.9 Å². The normalized spacial score (nSPS) is 14.5. The first-order valence-corrected chi connectivity index (χ1v) is 11.0. The van der Waals surface area contributed by atoms with Gasteiger partial charge in [0.2, 0.25) is 0 Å². The molecule has 2 aromatic carbocycles. The number of imidazole rings is 1. The monoisotopic (exact) mass is 384 g/mol. The van der Waals surface area contributed by atoms with Gasteiger partial charge in [-0.2, -0.15) is 0 Å². The van der Waals surface area contributed by atoms with Crippen molar-refractivity contribution in [2.45, 2.75) is 65.7 Å². The summed E-state index contributed by atoms with van der Waals surface area (Å²) in [4.78, 5) is 2.66. The van der Waals surface area contributed by atoms with Crippen LogP contribution in [0.3, 0.4) is 0 Å². The molecule has 0 radical (unpaired) electrons. The topological polar surface area (TPSA) is 12.1 Å². The average Bonchev–Trinajstić information content (AvgIpc) is 3.25. The number of para-hydroxylation sites is 1. The van der Waals surface area contributed by atoms with Gasteiger partial charge in [-0.1, -0.05) is 71.9 Å². The van der Waals surface area contributed by atoms with Crippen LogP contribution < -0.4 is 9.29 Å². The minimum absolute atomic E-state index is 0.268. The Morgan fingerprint density at radius 3 is 2.17 bits per heavy atom. The predicted molar refractivity (Wildman–Crippen MR) is 122 cm³/mol. The summed E-state index contributed by atoms with van der Waals surface area (Å²) in [5, 5.41) is 0. The van der Waals surface area contributed by atoms with Gasteiger partial charge >= 0.3 is 6.98 Å². The van der Waals surface area contributed by atoms with E-state index in [4.69, 9.17) is 0 Å². The number of aromatic nitrogens is 2. The van der Waals surface area contributed by atoms with Crippen molar-refractivity contribution in [1.82, 2.24) is 4.57 Å². The standard InChI is InChI=1S/C25H31BN3/c1-16(2)20-10-8-11-21(17(3)4)24(20)29-22-12-7-9-19-15-27-13-14-28(25(27)23(19)22)26(29)18(5)6/h7-14,16-18H,15H2,1-6H3/q+1. The largest absolute Gasteiger partial charge is 0.508 e. The van der Waals surface area contributed by atoms with E-state index in [-0.39, 0.29) is 6.98 Å². The van der Waals surface area contributed by atoms with Crippen LogP contribution in [0.4, 0.5) is 11.4 Å². The van der Waals surface area contributed by atoms with Gasteiger partial charge in [-0.25, -0.2) is 4.57 Å². The summed E-state index contributed by atoms with van der Waals surface area (Å²) in [6.07, 6.45) is 4.55. The molecule has 0 saturated carbocycles. The Kier molecular flexibility index (Phi) is 4.16. The quantitative estimate of drug-likeness (QED) is 0.396. The van der Waals surface area contributed by atoms with Gasteiger partial charge in [0.05, 0.1) is 5.56 Å². The molecule has 2 aliphatic rings. The van der Waals surface area contributed by atoms with Crippen molar-refractivity contribution >= 4 is 18.4 Å². The lowest BCUT2D eigenvalue weighted by molar-refractivity contribution is -0.527. The van der Waals surface area contributed by atoms with E-state index < -0.39 is 0 Å². The molecule has 3 nitrogen and oxygen atoms in total. The predicted octanol–water partition coefficient (Wildman–Crippen LogP) is 5.95. The van der Waals surface area contributed by atoms with Crippen LogP contribution in [0, 0.1) is 0 Å². The van der Waals surface area contributed by atoms with E-state index >= 15 is 0 Å². The Labute approximate surface area is 175 Å². The number of hydrogen-bond donors (Lipinski definition) is 0. The zero-order chi connectivity index (χ0) is 20.4. The fraction of sp³-hybridized carbons (Fsp3) is 0.400. The first-order valence-electron chi connectivity index (χ1n) is 11.0. The third kappa shape index (κ3) is 2.54. The van der Waals surface area contributed by atoms with Crippen molar-refractivity contribution in [3.8, 4) is 11.4 Å². The molecule has 0 amide bonds. The molecule has 3 heterocycles. The molecule has 1 aromatic heterocycles. The van der Waals surface area contributed by atoms with E-state index in [0.29, 0.717) is 17.7 Å².